The van der Waals surface area contributed by atoms with Gasteiger partial charge < -0.3 is 10.4 Å². The van der Waals surface area contributed by atoms with Crippen molar-refractivity contribution in [3.63, 3.8) is 0 Å². The lowest BCUT2D eigenvalue weighted by Crippen LogP contribution is -2.28. The summed E-state index contributed by atoms with van der Waals surface area (Å²) >= 11 is 9.26. The van der Waals surface area contributed by atoms with E-state index in [2.05, 4.69) is 31.4 Å². The molecule has 25 heavy (non-hydrogen) atoms. The summed E-state index contributed by atoms with van der Waals surface area (Å²) in [5.41, 5.74) is 2.54. The normalized spacial score (nSPS) is 12.0. The van der Waals surface area contributed by atoms with Crippen LogP contribution in [0, 0.1) is 0 Å². The largest absolute Gasteiger partial charge is 0.387 e. The Bertz CT molecular complexity index is 880. The zero-order chi connectivity index (χ0) is 17.8. The average Bonchev–Trinajstić information content (AvgIpc) is 3.10. The van der Waals surface area contributed by atoms with Crippen molar-refractivity contribution in [1.29, 1.82) is 0 Å². The highest BCUT2D eigenvalue weighted by molar-refractivity contribution is 9.10. The van der Waals surface area contributed by atoms with Gasteiger partial charge in [0.25, 0.3) is 5.91 Å². The van der Waals surface area contributed by atoms with Gasteiger partial charge in [0.1, 0.15) is 0 Å². The first kappa shape index (κ1) is 17.7. The minimum atomic E-state index is -0.799. The molecule has 0 spiro atoms. The molecule has 3 N–H and O–H groups in total. The van der Waals surface area contributed by atoms with E-state index < -0.39 is 6.10 Å². The Balaban J connectivity index is 1.70. The van der Waals surface area contributed by atoms with E-state index in [4.69, 9.17) is 11.6 Å². The summed E-state index contributed by atoms with van der Waals surface area (Å²) in [6, 6.07) is 14.4. The van der Waals surface area contributed by atoms with Crippen molar-refractivity contribution in [2.24, 2.45) is 0 Å². The molecule has 3 rings (SSSR count). The second kappa shape index (κ2) is 7.82. The SMILES string of the molecule is O=C(NC[C@@H](O)c1cccc(Br)c1)c1cn[nH]c1-c1ccc(Cl)cc1. The molecule has 5 nitrogen and oxygen atoms in total. The molecule has 1 amide bonds. The number of carbonyl (C=O) groups excluding carboxylic acids is 1. The van der Waals surface area contributed by atoms with Crippen LogP contribution in [0.2, 0.25) is 5.02 Å². The molecule has 0 unspecified atom stereocenters. The predicted octanol–water partition coefficient (Wildman–Crippen LogP) is 3.96. The number of rotatable bonds is 5. The van der Waals surface area contributed by atoms with E-state index in [1.807, 2.05) is 30.3 Å². The van der Waals surface area contributed by atoms with Crippen LogP contribution in [-0.4, -0.2) is 27.8 Å². The number of aromatic amines is 1. The molecular weight excluding hydrogens is 406 g/mol. The third kappa shape index (κ3) is 4.28. The molecule has 0 radical (unpaired) electrons. The maximum absolute atomic E-state index is 12.5. The molecule has 0 fully saturated rings. The van der Waals surface area contributed by atoms with Gasteiger partial charge >= 0.3 is 0 Å². The fourth-order valence-corrected chi connectivity index (χ4v) is 2.95. The van der Waals surface area contributed by atoms with Crippen LogP contribution in [-0.2, 0) is 0 Å². The molecule has 0 bridgehead atoms. The summed E-state index contributed by atoms with van der Waals surface area (Å²) < 4.78 is 0.871. The Morgan fingerprint density at radius 1 is 1.28 bits per heavy atom. The highest BCUT2D eigenvalue weighted by atomic mass is 79.9. The van der Waals surface area contributed by atoms with Crippen molar-refractivity contribution in [2.75, 3.05) is 6.54 Å². The molecular formula is C18H15BrClN3O2. The van der Waals surface area contributed by atoms with Gasteiger partial charge in [0.05, 0.1) is 23.6 Å². The highest BCUT2D eigenvalue weighted by Gasteiger charge is 2.17. The van der Waals surface area contributed by atoms with Crippen molar-refractivity contribution in [1.82, 2.24) is 15.5 Å². The number of nitrogens with zero attached hydrogens (tertiary/aromatic N) is 1. The van der Waals surface area contributed by atoms with Crippen molar-refractivity contribution < 1.29 is 9.90 Å². The van der Waals surface area contributed by atoms with Gasteiger partial charge in [0.15, 0.2) is 0 Å². The first-order valence-corrected chi connectivity index (χ1v) is 8.72. The van der Waals surface area contributed by atoms with Crippen molar-refractivity contribution in [2.45, 2.75) is 6.10 Å². The number of carbonyl (C=O) groups is 1. The number of nitrogens with one attached hydrogen (secondary N) is 2. The van der Waals surface area contributed by atoms with Crippen LogP contribution >= 0.6 is 27.5 Å². The number of H-pyrrole nitrogens is 1. The predicted molar refractivity (Wildman–Crippen MR) is 100 cm³/mol. The lowest BCUT2D eigenvalue weighted by Gasteiger charge is -2.12. The van der Waals surface area contributed by atoms with Gasteiger partial charge in [-0.1, -0.05) is 51.8 Å². The second-order valence-corrected chi connectivity index (χ2v) is 6.80. The van der Waals surface area contributed by atoms with Crippen LogP contribution in [0.25, 0.3) is 11.3 Å². The van der Waals surface area contributed by atoms with Crippen molar-refractivity contribution in [3.8, 4) is 11.3 Å². The zero-order valence-electron chi connectivity index (χ0n) is 13.0. The minimum absolute atomic E-state index is 0.0977. The minimum Gasteiger partial charge on any atom is -0.387 e. The van der Waals surface area contributed by atoms with Crippen LogP contribution < -0.4 is 5.32 Å². The Labute approximate surface area is 158 Å². The average molecular weight is 421 g/mol. The maximum atomic E-state index is 12.5. The van der Waals surface area contributed by atoms with Gasteiger partial charge in [-0.05, 0) is 29.8 Å². The summed E-state index contributed by atoms with van der Waals surface area (Å²) in [5.74, 6) is -0.312. The van der Waals surface area contributed by atoms with Gasteiger partial charge in [-0.2, -0.15) is 5.10 Å². The summed E-state index contributed by atoms with van der Waals surface area (Å²) in [5, 5.41) is 20.4. The number of hydrogen-bond acceptors (Lipinski definition) is 3. The monoisotopic (exact) mass is 419 g/mol. The van der Waals surface area contributed by atoms with E-state index in [0.29, 0.717) is 16.3 Å². The van der Waals surface area contributed by atoms with Gasteiger partial charge in [-0.3, -0.25) is 9.89 Å². The Morgan fingerprint density at radius 3 is 2.76 bits per heavy atom. The first-order valence-electron chi connectivity index (χ1n) is 7.55. The van der Waals surface area contributed by atoms with Gasteiger partial charge in [0.2, 0.25) is 0 Å². The Morgan fingerprint density at radius 2 is 2.04 bits per heavy atom. The lowest BCUT2D eigenvalue weighted by atomic mass is 10.1. The number of benzene rings is 2. The zero-order valence-corrected chi connectivity index (χ0v) is 15.4. The molecule has 1 atom stereocenters. The fraction of sp³-hybridized carbons (Fsp3) is 0.111. The van der Waals surface area contributed by atoms with E-state index in [1.54, 1.807) is 18.2 Å². The van der Waals surface area contributed by atoms with E-state index in [9.17, 15) is 9.90 Å². The molecule has 0 aliphatic heterocycles. The number of aliphatic hydroxyl groups excluding tert-OH is 1. The molecule has 0 saturated carbocycles. The quantitative estimate of drug-likeness (QED) is 0.585. The molecule has 1 heterocycles. The van der Waals surface area contributed by atoms with Crippen LogP contribution in [0.5, 0.6) is 0 Å². The number of aliphatic hydroxyl groups is 1. The number of halogens is 2. The Hall–Kier alpha value is -2.15. The molecule has 128 valence electrons. The van der Waals surface area contributed by atoms with Crippen LogP contribution in [0.1, 0.15) is 22.0 Å². The molecule has 0 saturated heterocycles. The third-order valence-corrected chi connectivity index (χ3v) is 4.45. The number of hydrogen-bond donors (Lipinski definition) is 3. The van der Waals surface area contributed by atoms with Gasteiger partial charge in [-0.25, -0.2) is 0 Å². The smallest absolute Gasteiger partial charge is 0.255 e. The van der Waals surface area contributed by atoms with Crippen molar-refractivity contribution >= 4 is 33.4 Å². The summed E-state index contributed by atoms with van der Waals surface area (Å²) in [6.45, 7) is 0.0977. The lowest BCUT2D eigenvalue weighted by molar-refractivity contribution is 0.0917. The second-order valence-electron chi connectivity index (χ2n) is 5.45. The summed E-state index contributed by atoms with van der Waals surface area (Å²) in [4.78, 5) is 12.5. The summed E-state index contributed by atoms with van der Waals surface area (Å²) in [7, 11) is 0. The van der Waals surface area contributed by atoms with E-state index in [1.165, 1.54) is 6.20 Å². The van der Waals surface area contributed by atoms with Gasteiger partial charge in [0, 0.05) is 21.6 Å². The third-order valence-electron chi connectivity index (χ3n) is 3.71. The number of amides is 1. The molecule has 0 aliphatic rings. The van der Waals surface area contributed by atoms with Crippen molar-refractivity contribution in [3.05, 3.63) is 75.4 Å². The molecule has 1 aromatic heterocycles. The van der Waals surface area contributed by atoms with Crippen LogP contribution in [0.3, 0.4) is 0 Å². The van der Waals surface area contributed by atoms with E-state index in [-0.39, 0.29) is 12.5 Å². The topological polar surface area (TPSA) is 78.0 Å². The molecule has 2 aromatic carbocycles. The van der Waals surface area contributed by atoms with Gasteiger partial charge in [-0.15, -0.1) is 0 Å². The van der Waals surface area contributed by atoms with Crippen LogP contribution in [0.15, 0.2) is 59.2 Å². The maximum Gasteiger partial charge on any atom is 0.255 e. The molecule has 0 aliphatic carbocycles. The first-order chi connectivity index (χ1) is 12.0. The van der Waals surface area contributed by atoms with Crippen LogP contribution in [0.4, 0.5) is 0 Å². The highest BCUT2D eigenvalue weighted by Crippen LogP contribution is 2.23. The Kier molecular flexibility index (Phi) is 5.53. The standard InChI is InChI=1S/C18H15BrClN3O2/c19-13-3-1-2-12(8-13)16(24)10-21-18(25)15-9-22-23-17(15)11-4-6-14(20)7-5-11/h1-9,16,24H,10H2,(H,21,25)(H,22,23)/t16-/m1/s1. The molecule has 3 aromatic rings. The number of aromatic nitrogens is 2. The van der Waals surface area contributed by atoms with E-state index >= 15 is 0 Å². The fourth-order valence-electron chi connectivity index (χ4n) is 2.41. The van der Waals surface area contributed by atoms with E-state index in [0.717, 1.165) is 15.6 Å². The summed E-state index contributed by atoms with van der Waals surface area (Å²) in [6.07, 6.45) is 0.664. The molecule has 7 heteroatoms.